The molecule has 0 spiro atoms. The average Bonchev–Trinajstić information content (AvgIpc) is 4.14. The molecule has 3 unspecified atom stereocenters. The van der Waals surface area contributed by atoms with E-state index < -0.39 is 24.1 Å². The highest BCUT2D eigenvalue weighted by molar-refractivity contribution is 7.13. The van der Waals surface area contributed by atoms with Gasteiger partial charge in [0.2, 0.25) is 23.6 Å². The number of thiazole rings is 1. The van der Waals surface area contributed by atoms with E-state index in [2.05, 4.69) is 43.0 Å². The second-order valence-corrected chi connectivity index (χ2v) is 18.7. The third-order valence-corrected chi connectivity index (χ3v) is 14.6. The van der Waals surface area contributed by atoms with Crippen LogP contribution < -0.4 is 20.9 Å². The van der Waals surface area contributed by atoms with Crippen LogP contribution in [0, 0.1) is 11.7 Å². The van der Waals surface area contributed by atoms with Gasteiger partial charge in [0.15, 0.2) is 5.13 Å². The summed E-state index contributed by atoms with van der Waals surface area (Å²) in [6.45, 7) is 3.62. The summed E-state index contributed by atoms with van der Waals surface area (Å²) >= 11 is 1.30. The minimum absolute atomic E-state index is 0.0464. The van der Waals surface area contributed by atoms with Crippen LogP contribution in [0.2, 0.25) is 0 Å². The molecule has 332 valence electrons. The molecule has 0 bridgehead atoms. The molecule has 3 atom stereocenters. The van der Waals surface area contributed by atoms with Crippen LogP contribution in [-0.2, 0) is 38.7 Å². The van der Waals surface area contributed by atoms with Gasteiger partial charge in [-0.3, -0.25) is 29.4 Å². The lowest BCUT2D eigenvalue weighted by atomic mass is 9.77. The van der Waals surface area contributed by atoms with Gasteiger partial charge in [-0.25, -0.2) is 14.4 Å². The van der Waals surface area contributed by atoms with Gasteiger partial charge in [0.25, 0.3) is 0 Å². The zero-order valence-electron chi connectivity index (χ0n) is 35.5. The summed E-state index contributed by atoms with van der Waals surface area (Å²) in [6.07, 6.45) is 9.36. The summed E-state index contributed by atoms with van der Waals surface area (Å²) < 4.78 is 18.0. The number of amides is 4. The van der Waals surface area contributed by atoms with Crippen molar-refractivity contribution in [1.29, 1.82) is 0 Å². The van der Waals surface area contributed by atoms with Gasteiger partial charge >= 0.3 is 0 Å². The normalized spacial score (nSPS) is 22.8. The van der Waals surface area contributed by atoms with E-state index in [1.807, 2.05) is 51.9 Å². The fourth-order valence-electron chi connectivity index (χ4n) is 10.4. The van der Waals surface area contributed by atoms with Crippen LogP contribution in [0.3, 0.4) is 0 Å². The Morgan fingerprint density at radius 3 is 2.42 bits per heavy atom. The number of aryl methyl sites for hydroxylation is 1. The van der Waals surface area contributed by atoms with Crippen LogP contribution >= 0.6 is 11.3 Å². The summed E-state index contributed by atoms with van der Waals surface area (Å²) in [5.74, 6) is -0.258. The number of piperazine rings is 1. The molecule has 2 aromatic heterocycles. The van der Waals surface area contributed by atoms with Gasteiger partial charge in [-0.05, 0) is 110 Å². The van der Waals surface area contributed by atoms with E-state index in [4.69, 9.17) is 0 Å². The molecular formula is C48H52FN9O5S. The Morgan fingerprint density at radius 1 is 0.906 bits per heavy atom. The summed E-state index contributed by atoms with van der Waals surface area (Å²) in [4.78, 5) is 65.7. The number of aliphatic hydroxyl groups excluding tert-OH is 1. The Hall–Kier alpha value is -5.97. The summed E-state index contributed by atoms with van der Waals surface area (Å²) in [5.41, 5.74) is 6.94. The van der Waals surface area contributed by atoms with Crippen LogP contribution in [0.1, 0.15) is 97.6 Å². The first kappa shape index (κ1) is 42.0. The first-order valence-corrected chi connectivity index (χ1v) is 23.4. The molecular weight excluding hydrogens is 834 g/mol. The Kier molecular flexibility index (Phi) is 11.7. The van der Waals surface area contributed by atoms with Gasteiger partial charge in [0.1, 0.15) is 24.1 Å². The smallest absolute Gasteiger partial charge is 0.249 e. The number of hydrogen-bond donors (Lipinski definition) is 4. The van der Waals surface area contributed by atoms with Gasteiger partial charge in [0.05, 0.1) is 12.0 Å². The van der Waals surface area contributed by atoms with Crippen molar-refractivity contribution >= 4 is 51.5 Å². The predicted octanol–water partition coefficient (Wildman–Crippen LogP) is 6.51. The van der Waals surface area contributed by atoms with Crippen molar-refractivity contribution in [1.82, 2.24) is 29.7 Å². The average molecular weight is 886 g/mol. The van der Waals surface area contributed by atoms with E-state index in [1.54, 1.807) is 22.8 Å². The van der Waals surface area contributed by atoms with Crippen molar-refractivity contribution < 1.29 is 28.7 Å². The highest BCUT2D eigenvalue weighted by atomic mass is 32.1. The van der Waals surface area contributed by atoms with Crippen LogP contribution in [0.5, 0.6) is 0 Å². The molecule has 1 aliphatic carbocycles. The van der Waals surface area contributed by atoms with E-state index in [0.29, 0.717) is 71.7 Å². The first-order valence-electron chi connectivity index (χ1n) is 22.5. The minimum atomic E-state index is -1.23. The maximum Gasteiger partial charge on any atom is 0.249 e. The number of aliphatic hydroxyl groups is 1. The number of anilines is 3. The molecule has 4 amide bonds. The number of benzene rings is 3. The van der Waals surface area contributed by atoms with Gasteiger partial charge in [-0.1, -0.05) is 24.3 Å². The maximum absolute atomic E-state index is 16.0. The Morgan fingerprint density at radius 2 is 1.69 bits per heavy atom. The van der Waals surface area contributed by atoms with E-state index in [-0.39, 0.29) is 30.2 Å². The molecule has 5 aliphatic rings. The van der Waals surface area contributed by atoms with Crippen molar-refractivity contribution in [3.8, 4) is 11.1 Å². The second-order valence-electron chi connectivity index (χ2n) is 17.8. The third-order valence-electron chi connectivity index (χ3n) is 13.9. The standard InChI is InChI=1S/C48H52FN9O5S/c49-38-26-33(25-36-37(38)27-58(47(36)63)44(46(62)54-48-50-17-23-64-48)43-40-2-1-18-57(40)28-51-43)32-9-13-35(14-10-32)55-19-21-56(22-20-55)42(60)24-29-3-5-30(6-4-29)31-7-11-34(12-8-31)52-39-15-16-41(59)53-45(39)61/h7-14,17,23,25-26,28-30,39,44,47,52,63H,1-6,15-16,18-22,24,27H2,(H,50,54,62)(H,53,59,61). The van der Waals surface area contributed by atoms with E-state index in [0.717, 1.165) is 80.8 Å². The SMILES string of the molecule is O=C1CCC(Nc2ccc(C3CCC(CC(=O)N4CCN(c5ccc(-c6cc(F)c7c(c6)C(O)N(C(C(=O)Nc6nccs6)c6ncn8c6CCC8)C7)cc5)CC4)CC3)cc2)C(=O)N1. The fraction of sp³-hybridized carbons (Fsp3) is 0.417. The molecule has 4 N–H and O–H groups in total. The number of carbonyl (C=O) groups is 4. The molecule has 6 heterocycles. The molecule has 3 aromatic carbocycles. The van der Waals surface area contributed by atoms with E-state index in [9.17, 15) is 24.3 Å². The Labute approximate surface area is 374 Å². The largest absolute Gasteiger partial charge is 0.374 e. The van der Waals surface area contributed by atoms with Crippen LogP contribution in [0.25, 0.3) is 11.1 Å². The number of nitrogens with one attached hydrogen (secondary N) is 3. The van der Waals surface area contributed by atoms with Gasteiger partial charge in [0, 0.05) is 91.9 Å². The molecule has 16 heteroatoms. The van der Waals surface area contributed by atoms with Gasteiger partial charge in [-0.2, -0.15) is 0 Å². The minimum Gasteiger partial charge on any atom is -0.374 e. The predicted molar refractivity (Wildman–Crippen MR) is 241 cm³/mol. The van der Waals surface area contributed by atoms with Gasteiger partial charge < -0.3 is 30.1 Å². The zero-order chi connectivity index (χ0) is 43.9. The summed E-state index contributed by atoms with van der Waals surface area (Å²) in [5, 5.41) is 22.5. The molecule has 64 heavy (non-hydrogen) atoms. The van der Waals surface area contributed by atoms with Crippen molar-refractivity contribution in [2.24, 2.45) is 5.92 Å². The molecule has 3 fully saturated rings. The molecule has 1 saturated carbocycles. The number of halogens is 1. The molecule has 10 rings (SSSR count). The third kappa shape index (κ3) is 8.53. The molecule has 14 nitrogen and oxygen atoms in total. The fourth-order valence-corrected chi connectivity index (χ4v) is 10.9. The van der Waals surface area contributed by atoms with Crippen molar-refractivity contribution in [2.45, 2.75) is 95.1 Å². The Bertz CT molecular complexity index is 2530. The molecule has 0 radical (unpaired) electrons. The lowest BCUT2D eigenvalue weighted by Crippen LogP contribution is -2.49. The van der Waals surface area contributed by atoms with Crippen LogP contribution in [0.15, 0.2) is 78.6 Å². The number of aromatic nitrogens is 3. The molecule has 4 aliphatic heterocycles. The monoisotopic (exact) mass is 885 g/mol. The number of imide groups is 1. The first-order chi connectivity index (χ1) is 31.1. The number of piperidine rings is 1. The van der Waals surface area contributed by atoms with Crippen LogP contribution in [0.4, 0.5) is 20.9 Å². The number of carbonyl (C=O) groups excluding carboxylic acids is 4. The molecule has 5 aromatic rings. The van der Waals surface area contributed by atoms with Gasteiger partial charge in [-0.15, -0.1) is 11.3 Å². The van der Waals surface area contributed by atoms with Crippen LogP contribution in [-0.4, -0.2) is 85.3 Å². The number of nitrogens with zero attached hydrogens (tertiary/aromatic N) is 6. The van der Waals surface area contributed by atoms with Crippen molar-refractivity contribution in [3.63, 3.8) is 0 Å². The summed E-state index contributed by atoms with van der Waals surface area (Å²) in [6, 6.07) is 18.2. The number of hydrogen-bond acceptors (Lipinski definition) is 11. The lowest BCUT2D eigenvalue weighted by molar-refractivity contribution is -0.134. The van der Waals surface area contributed by atoms with Crippen molar-refractivity contribution in [2.75, 3.05) is 41.7 Å². The lowest BCUT2D eigenvalue weighted by Gasteiger charge is -2.37. The molecule has 2 saturated heterocycles. The maximum atomic E-state index is 16.0. The number of rotatable bonds is 11. The number of fused-ring (bicyclic) bond motifs is 2. The van der Waals surface area contributed by atoms with Crippen molar-refractivity contribution in [3.05, 3.63) is 112 Å². The summed E-state index contributed by atoms with van der Waals surface area (Å²) in [7, 11) is 0. The second kappa shape index (κ2) is 17.9. The zero-order valence-corrected chi connectivity index (χ0v) is 36.4. The van der Waals surface area contributed by atoms with E-state index >= 15 is 4.39 Å². The highest BCUT2D eigenvalue weighted by Crippen LogP contribution is 2.43. The highest BCUT2D eigenvalue weighted by Gasteiger charge is 2.43. The quantitative estimate of drug-likeness (QED) is 0.108. The van der Waals surface area contributed by atoms with E-state index in [1.165, 1.54) is 23.0 Å². The number of imidazole rings is 1. The topological polar surface area (TPSA) is 165 Å². The Balaban J connectivity index is 0.721.